The molecule has 2 heterocycles. The first kappa shape index (κ1) is 25.5. The maximum absolute atomic E-state index is 6.34. The predicted octanol–water partition coefficient (Wildman–Crippen LogP) is 10.1. The van der Waals surface area contributed by atoms with Gasteiger partial charge in [-0.1, -0.05) is 127 Å². The smallest absolute Gasteiger partial charge is 0.169 e. The first-order chi connectivity index (χ1) is 22.3. The van der Waals surface area contributed by atoms with Crippen molar-refractivity contribution in [1.82, 2.24) is 5.32 Å². The highest BCUT2D eigenvalue weighted by atomic mass is 16.3. The Balaban J connectivity index is 1.09. The Morgan fingerprint density at radius 2 is 1.09 bits per heavy atom. The van der Waals surface area contributed by atoms with Gasteiger partial charge in [-0.05, 0) is 57.1 Å². The molecule has 212 valence electrons. The van der Waals surface area contributed by atoms with Crippen LogP contribution in [0.1, 0.15) is 22.9 Å². The molecule has 0 saturated carbocycles. The van der Waals surface area contributed by atoms with Gasteiger partial charge in [0.2, 0.25) is 0 Å². The van der Waals surface area contributed by atoms with Crippen molar-refractivity contribution in [2.75, 3.05) is 0 Å². The van der Waals surface area contributed by atoms with E-state index in [1.54, 1.807) is 0 Å². The van der Waals surface area contributed by atoms with Crippen LogP contribution < -0.4 is 5.32 Å². The third kappa shape index (κ3) is 4.47. The minimum atomic E-state index is -0.354. The van der Waals surface area contributed by atoms with Crippen LogP contribution in [0.3, 0.4) is 0 Å². The highest BCUT2D eigenvalue weighted by molar-refractivity contribution is 6.17. The zero-order valence-corrected chi connectivity index (χ0v) is 24.3. The molecule has 1 aromatic heterocycles. The Kier molecular flexibility index (Phi) is 5.85. The molecule has 9 rings (SSSR count). The molecular formula is C41H27N3O. The van der Waals surface area contributed by atoms with Gasteiger partial charge in [-0.25, -0.2) is 9.98 Å². The number of para-hydroxylation sites is 1. The van der Waals surface area contributed by atoms with Gasteiger partial charge in [0.05, 0.1) is 0 Å². The Labute approximate surface area is 260 Å². The summed E-state index contributed by atoms with van der Waals surface area (Å²) in [6.07, 6.45) is -0.354. The zero-order valence-electron chi connectivity index (χ0n) is 24.3. The molecule has 7 aromatic carbocycles. The van der Waals surface area contributed by atoms with Crippen molar-refractivity contribution < 1.29 is 4.42 Å². The van der Waals surface area contributed by atoms with Gasteiger partial charge in [-0.3, -0.25) is 0 Å². The van der Waals surface area contributed by atoms with Gasteiger partial charge in [-0.2, -0.15) is 0 Å². The zero-order chi connectivity index (χ0) is 29.7. The lowest BCUT2D eigenvalue weighted by Crippen LogP contribution is -2.36. The van der Waals surface area contributed by atoms with Crippen LogP contribution in [-0.2, 0) is 0 Å². The summed E-state index contributed by atoms with van der Waals surface area (Å²) < 4.78 is 6.34. The average molecular weight is 578 g/mol. The number of benzene rings is 7. The van der Waals surface area contributed by atoms with Crippen molar-refractivity contribution in [3.8, 4) is 11.1 Å². The molecule has 1 atom stereocenters. The summed E-state index contributed by atoms with van der Waals surface area (Å²) in [5, 5.41) is 10.5. The summed E-state index contributed by atoms with van der Waals surface area (Å²) in [5.41, 5.74) is 7.21. The number of rotatable bonds is 4. The van der Waals surface area contributed by atoms with Crippen LogP contribution in [0.25, 0.3) is 54.6 Å². The third-order valence-electron chi connectivity index (χ3n) is 8.71. The largest absolute Gasteiger partial charge is 0.455 e. The molecule has 45 heavy (non-hydrogen) atoms. The normalized spacial score (nSPS) is 14.9. The van der Waals surface area contributed by atoms with Crippen LogP contribution in [0.2, 0.25) is 0 Å². The van der Waals surface area contributed by atoms with Crippen molar-refractivity contribution in [1.29, 1.82) is 0 Å². The molecule has 0 amide bonds. The fraction of sp³-hybridized carbons (Fsp3) is 0.0244. The monoisotopic (exact) mass is 577 g/mol. The van der Waals surface area contributed by atoms with Gasteiger partial charge in [0, 0.05) is 27.3 Å². The Hall–Kier alpha value is -6.00. The van der Waals surface area contributed by atoms with Crippen LogP contribution in [-0.4, -0.2) is 11.7 Å². The number of amidine groups is 2. The number of fused-ring (bicyclic) bond motifs is 6. The lowest BCUT2D eigenvalue weighted by atomic mass is 9.98. The molecule has 4 nitrogen and oxygen atoms in total. The fourth-order valence-corrected chi connectivity index (χ4v) is 6.36. The molecule has 4 heteroatoms. The van der Waals surface area contributed by atoms with E-state index in [0.29, 0.717) is 0 Å². The van der Waals surface area contributed by atoms with Gasteiger partial charge in [0.15, 0.2) is 6.17 Å². The fourth-order valence-electron chi connectivity index (χ4n) is 6.36. The highest BCUT2D eigenvalue weighted by Gasteiger charge is 2.21. The molecule has 0 spiro atoms. The van der Waals surface area contributed by atoms with Crippen molar-refractivity contribution in [3.05, 3.63) is 168 Å². The van der Waals surface area contributed by atoms with E-state index in [0.717, 1.165) is 72.2 Å². The number of nitrogens with one attached hydrogen (secondary N) is 1. The quantitative estimate of drug-likeness (QED) is 0.226. The summed E-state index contributed by atoms with van der Waals surface area (Å²) in [5.74, 6) is 1.61. The molecule has 1 N–H and O–H groups in total. The van der Waals surface area contributed by atoms with Crippen molar-refractivity contribution >= 4 is 55.2 Å². The van der Waals surface area contributed by atoms with Gasteiger partial charge in [-0.15, -0.1) is 0 Å². The lowest BCUT2D eigenvalue weighted by molar-refractivity contribution is 0.672. The van der Waals surface area contributed by atoms with E-state index in [1.807, 2.05) is 30.3 Å². The summed E-state index contributed by atoms with van der Waals surface area (Å²) in [6.45, 7) is 0. The van der Waals surface area contributed by atoms with E-state index in [9.17, 15) is 0 Å². The van der Waals surface area contributed by atoms with Crippen LogP contribution in [0.5, 0.6) is 0 Å². The second-order valence-electron chi connectivity index (χ2n) is 11.5. The van der Waals surface area contributed by atoms with Gasteiger partial charge < -0.3 is 9.73 Å². The van der Waals surface area contributed by atoms with Gasteiger partial charge in [0.1, 0.15) is 22.8 Å². The van der Waals surface area contributed by atoms with Crippen LogP contribution in [0.15, 0.2) is 166 Å². The molecule has 0 radical (unpaired) electrons. The Morgan fingerprint density at radius 3 is 1.93 bits per heavy atom. The van der Waals surface area contributed by atoms with E-state index >= 15 is 0 Å². The number of furan rings is 1. The van der Waals surface area contributed by atoms with E-state index in [4.69, 9.17) is 14.4 Å². The maximum atomic E-state index is 6.34. The second-order valence-corrected chi connectivity index (χ2v) is 11.5. The van der Waals surface area contributed by atoms with Crippen molar-refractivity contribution in [3.63, 3.8) is 0 Å². The second kappa shape index (κ2) is 10.3. The maximum Gasteiger partial charge on any atom is 0.169 e. The summed E-state index contributed by atoms with van der Waals surface area (Å²) >= 11 is 0. The summed E-state index contributed by atoms with van der Waals surface area (Å²) in [6, 6.07) is 52.9. The number of hydrogen-bond acceptors (Lipinski definition) is 4. The van der Waals surface area contributed by atoms with Gasteiger partial charge >= 0.3 is 0 Å². The molecule has 1 unspecified atom stereocenters. The molecule has 0 fully saturated rings. The minimum absolute atomic E-state index is 0.354. The third-order valence-corrected chi connectivity index (χ3v) is 8.71. The van der Waals surface area contributed by atoms with Crippen molar-refractivity contribution in [2.45, 2.75) is 6.17 Å². The highest BCUT2D eigenvalue weighted by Crippen LogP contribution is 2.36. The Bertz CT molecular complexity index is 2450. The molecule has 0 aliphatic carbocycles. The standard InChI is InChI=1S/C41H27N3O/c1-2-9-29(10-3-1)39-42-40(44-41(43-39)33-21-16-26-8-4-5-11-31(26)24-33)30-18-14-27(15-19-30)32-20-17-28-22-23-35-34-12-6-7-13-37(34)45-38(35)36(28)25-32/h1-25,41H,(H,42,43,44). The SMILES string of the molecule is c1ccc(C2=NC(c3ccc4ccccc4c3)N=C(c3ccc(-c4ccc5ccc6c7ccccc7oc6c5c4)cc3)N2)cc1. The van der Waals surface area contributed by atoms with Gasteiger partial charge in [0.25, 0.3) is 0 Å². The molecule has 0 bridgehead atoms. The molecule has 1 aliphatic heterocycles. The van der Waals surface area contributed by atoms with Crippen molar-refractivity contribution in [2.24, 2.45) is 9.98 Å². The van der Waals surface area contributed by atoms with Crippen LogP contribution in [0.4, 0.5) is 0 Å². The number of nitrogens with zero attached hydrogens (tertiary/aromatic N) is 2. The van der Waals surface area contributed by atoms with E-state index in [2.05, 4.69) is 127 Å². The molecule has 1 aliphatic rings. The average Bonchev–Trinajstić information content (AvgIpc) is 3.51. The first-order valence-electron chi connectivity index (χ1n) is 15.2. The molecular weight excluding hydrogens is 550 g/mol. The summed E-state index contributed by atoms with van der Waals surface area (Å²) in [4.78, 5) is 10.2. The van der Waals surface area contributed by atoms with Crippen LogP contribution in [0, 0.1) is 0 Å². The lowest BCUT2D eigenvalue weighted by Gasteiger charge is -2.22. The summed E-state index contributed by atoms with van der Waals surface area (Å²) in [7, 11) is 0. The molecule has 8 aromatic rings. The Morgan fingerprint density at radius 1 is 0.444 bits per heavy atom. The molecule has 0 saturated heterocycles. The minimum Gasteiger partial charge on any atom is -0.455 e. The topological polar surface area (TPSA) is 49.9 Å². The van der Waals surface area contributed by atoms with E-state index in [1.165, 1.54) is 10.8 Å². The number of hydrogen-bond donors (Lipinski definition) is 1. The van der Waals surface area contributed by atoms with E-state index in [-0.39, 0.29) is 6.17 Å². The van der Waals surface area contributed by atoms with Crippen LogP contribution >= 0.6 is 0 Å². The number of aliphatic imine (C=N–C) groups is 2. The van der Waals surface area contributed by atoms with E-state index < -0.39 is 0 Å². The first-order valence-corrected chi connectivity index (χ1v) is 15.2. The predicted molar refractivity (Wildman–Crippen MR) is 186 cm³/mol.